The number of oxazole rings is 1. The van der Waals surface area contributed by atoms with E-state index in [0.717, 1.165) is 84.8 Å². The van der Waals surface area contributed by atoms with E-state index in [1.807, 2.05) is 48.8 Å². The second-order valence-electron chi connectivity index (χ2n) is 16.8. The molecule has 0 N–H and O–H groups in total. The first-order valence-corrected chi connectivity index (χ1v) is 21.6. The average Bonchev–Trinajstić information content (AvgIpc) is 3.63. The van der Waals surface area contributed by atoms with Gasteiger partial charge in [0.1, 0.15) is 17.0 Å². The van der Waals surface area contributed by atoms with E-state index in [4.69, 9.17) is 34.9 Å². The molecule has 9 nitrogen and oxygen atoms in total. The third-order valence-corrected chi connectivity index (χ3v) is 16.5. The second-order valence-corrected chi connectivity index (χ2v) is 22.8. The van der Waals surface area contributed by atoms with Gasteiger partial charge >= 0.3 is 6.09 Å². The Morgan fingerprint density at radius 2 is 1.88 bits per heavy atom. The number of carbonyl (C=O) groups excluding carboxylic acids is 1. The lowest BCUT2D eigenvalue weighted by atomic mass is 9.56. The van der Waals surface area contributed by atoms with Crippen molar-refractivity contribution in [3.63, 3.8) is 0 Å². The Labute approximate surface area is 299 Å². The summed E-state index contributed by atoms with van der Waals surface area (Å²) >= 11 is 10.8. The summed E-state index contributed by atoms with van der Waals surface area (Å²) in [5, 5.41) is 6.41. The van der Waals surface area contributed by atoms with E-state index in [-0.39, 0.29) is 22.8 Å². The minimum Gasteiger partial charge on any atom is -0.444 e. The fourth-order valence-corrected chi connectivity index (χ4v) is 10.1. The zero-order valence-corrected chi connectivity index (χ0v) is 33.2. The van der Waals surface area contributed by atoms with Crippen LogP contribution < -0.4 is 0 Å². The van der Waals surface area contributed by atoms with E-state index in [9.17, 15) is 4.79 Å². The number of aryl methyl sites for hydroxylation is 1. The molecule has 3 aliphatic rings. The van der Waals surface area contributed by atoms with Crippen molar-refractivity contribution in [2.45, 2.75) is 135 Å². The molecule has 48 heavy (non-hydrogen) atoms. The van der Waals surface area contributed by atoms with Gasteiger partial charge in [-0.2, -0.15) is 5.10 Å². The third kappa shape index (κ3) is 7.13. The van der Waals surface area contributed by atoms with Gasteiger partial charge in [0.2, 0.25) is 5.89 Å². The number of likely N-dealkylation sites (tertiary alicyclic amines) is 1. The summed E-state index contributed by atoms with van der Waals surface area (Å²) in [5.74, 6) is 1.45. The minimum absolute atomic E-state index is 0.0197. The predicted molar refractivity (Wildman–Crippen MR) is 194 cm³/mol. The molecule has 1 saturated carbocycles. The maximum Gasteiger partial charge on any atom is 0.410 e. The van der Waals surface area contributed by atoms with Gasteiger partial charge < -0.3 is 23.2 Å². The summed E-state index contributed by atoms with van der Waals surface area (Å²) in [7, 11) is -2.20. The van der Waals surface area contributed by atoms with Crippen LogP contribution in [0.15, 0.2) is 27.3 Å². The summed E-state index contributed by atoms with van der Waals surface area (Å²) in [6.45, 7) is 19.2. The number of fused-ring (bicyclic) bond motifs is 1. The monoisotopic (exact) mass is 762 g/mol. The van der Waals surface area contributed by atoms with E-state index in [1.165, 1.54) is 0 Å². The van der Waals surface area contributed by atoms with Crippen LogP contribution in [0.5, 0.6) is 0 Å². The summed E-state index contributed by atoms with van der Waals surface area (Å²) in [5.41, 5.74) is 0.798. The van der Waals surface area contributed by atoms with Crippen LogP contribution in [0, 0.1) is 5.41 Å². The molecule has 0 bridgehead atoms. The van der Waals surface area contributed by atoms with Gasteiger partial charge in [-0.05, 0) is 123 Å². The standard InChI is InChI=1S/C36H52BrClN4O5Si/c1-33(2,3)46-32(43)41-16-11-15-35(23-41)21-36(22-35,47-48(7,8)34(4,5)6)31-39-19-24(45-31)13-14-25-27(38)18-28-26(30(25)37)20-40-42(28)29-12-9-10-17-44-29/h18-20,29H,9-17,21-23H2,1-8H3. The van der Waals surface area contributed by atoms with Gasteiger partial charge in [0.25, 0.3) is 0 Å². The summed E-state index contributed by atoms with van der Waals surface area (Å²) in [6, 6.07) is 2.01. The van der Waals surface area contributed by atoms with Gasteiger partial charge in [0.05, 0.1) is 17.9 Å². The van der Waals surface area contributed by atoms with Gasteiger partial charge in [0.15, 0.2) is 14.5 Å². The van der Waals surface area contributed by atoms with Crippen LogP contribution >= 0.6 is 27.5 Å². The summed E-state index contributed by atoms with van der Waals surface area (Å²) < 4.78 is 28.5. The molecule has 1 aromatic carbocycles. The lowest BCUT2D eigenvalue weighted by molar-refractivity contribution is -0.160. The molecule has 0 radical (unpaired) electrons. The molecule has 12 heteroatoms. The fourth-order valence-electron chi connectivity index (χ4n) is 7.46. The molecular weight excluding hydrogens is 712 g/mol. The van der Waals surface area contributed by atoms with Crippen LogP contribution in [0.3, 0.4) is 0 Å². The number of hydrogen-bond acceptors (Lipinski definition) is 7. The number of carbonyl (C=O) groups is 1. The SMILES string of the molecule is CC(C)(C)OC(=O)N1CCCC2(C1)CC(O[Si](C)(C)C(C)(C)C)(c1ncc(CCc3c(Cl)cc4c(cnn4C4CCCCO4)c3Br)o1)C2. The Kier molecular flexibility index (Phi) is 9.72. The number of aromatic nitrogens is 3. The zero-order chi connectivity index (χ0) is 34.7. The molecule has 1 spiro atoms. The van der Waals surface area contributed by atoms with Gasteiger partial charge in [-0.1, -0.05) is 32.4 Å². The molecule has 1 amide bonds. The molecule has 2 aromatic heterocycles. The van der Waals surface area contributed by atoms with Crippen LogP contribution in [-0.4, -0.2) is 59.4 Å². The quantitative estimate of drug-likeness (QED) is 0.221. The first kappa shape index (κ1) is 35.9. The molecule has 2 saturated heterocycles. The van der Waals surface area contributed by atoms with Crippen LogP contribution in [-0.2, 0) is 32.3 Å². The highest BCUT2D eigenvalue weighted by Gasteiger charge is 2.62. The number of ether oxygens (including phenoxy) is 2. The van der Waals surface area contributed by atoms with E-state index in [1.54, 1.807) is 0 Å². The van der Waals surface area contributed by atoms with Gasteiger partial charge in [-0.3, -0.25) is 0 Å². The number of amides is 1. The van der Waals surface area contributed by atoms with Crippen molar-refractivity contribution in [2.24, 2.45) is 5.41 Å². The Morgan fingerprint density at radius 1 is 1.12 bits per heavy atom. The van der Waals surface area contributed by atoms with Gasteiger partial charge in [-0.15, -0.1) is 0 Å². The van der Waals surface area contributed by atoms with Crippen LogP contribution in [0.1, 0.15) is 110 Å². The summed E-state index contributed by atoms with van der Waals surface area (Å²) in [4.78, 5) is 19.8. The summed E-state index contributed by atoms with van der Waals surface area (Å²) in [6.07, 6.45) is 11.5. The topological polar surface area (TPSA) is 91.8 Å². The highest BCUT2D eigenvalue weighted by Crippen LogP contribution is 2.62. The third-order valence-electron chi connectivity index (χ3n) is 10.8. The molecule has 4 heterocycles. The number of hydrogen-bond donors (Lipinski definition) is 0. The average molecular weight is 764 g/mol. The Balaban J connectivity index is 1.21. The van der Waals surface area contributed by atoms with Crippen molar-refractivity contribution in [3.05, 3.63) is 45.2 Å². The Morgan fingerprint density at radius 3 is 2.54 bits per heavy atom. The van der Waals surface area contributed by atoms with E-state index < -0.39 is 19.5 Å². The maximum atomic E-state index is 13.0. The first-order chi connectivity index (χ1) is 22.4. The number of halogens is 2. The van der Waals surface area contributed by atoms with Crippen molar-refractivity contribution in [3.8, 4) is 0 Å². The highest BCUT2D eigenvalue weighted by molar-refractivity contribution is 9.10. The van der Waals surface area contributed by atoms with E-state index in [0.29, 0.717) is 30.3 Å². The molecule has 2 aliphatic heterocycles. The minimum atomic E-state index is -2.20. The Hall–Kier alpha value is -1.92. The molecule has 3 fully saturated rings. The molecule has 1 atom stereocenters. The predicted octanol–water partition coefficient (Wildman–Crippen LogP) is 9.95. The largest absolute Gasteiger partial charge is 0.444 e. The number of nitrogens with zero attached hydrogens (tertiary/aromatic N) is 4. The van der Waals surface area contributed by atoms with Gasteiger partial charge in [0, 0.05) is 41.0 Å². The molecule has 1 aliphatic carbocycles. The van der Waals surface area contributed by atoms with Crippen LogP contribution in [0.2, 0.25) is 23.2 Å². The van der Waals surface area contributed by atoms with Crippen molar-refractivity contribution >= 4 is 52.8 Å². The normalized spacial score (nSPS) is 25.5. The lowest BCUT2D eigenvalue weighted by Crippen LogP contribution is -2.62. The zero-order valence-electron chi connectivity index (χ0n) is 29.9. The van der Waals surface area contributed by atoms with Crippen molar-refractivity contribution in [1.82, 2.24) is 19.7 Å². The molecule has 3 aromatic rings. The van der Waals surface area contributed by atoms with Crippen LogP contribution in [0.4, 0.5) is 4.79 Å². The van der Waals surface area contributed by atoms with E-state index >= 15 is 0 Å². The fraction of sp³-hybridized carbons (Fsp3) is 0.694. The second kappa shape index (κ2) is 13.0. The van der Waals surface area contributed by atoms with Crippen LogP contribution in [0.25, 0.3) is 10.9 Å². The highest BCUT2D eigenvalue weighted by atomic mass is 79.9. The van der Waals surface area contributed by atoms with E-state index in [2.05, 4.69) is 54.9 Å². The number of benzene rings is 1. The van der Waals surface area contributed by atoms with Crippen molar-refractivity contribution in [1.29, 1.82) is 0 Å². The maximum absolute atomic E-state index is 13.0. The van der Waals surface area contributed by atoms with Crippen molar-refractivity contribution in [2.75, 3.05) is 19.7 Å². The molecule has 264 valence electrons. The smallest absolute Gasteiger partial charge is 0.410 e. The number of rotatable bonds is 7. The number of piperidine rings is 1. The Bertz CT molecular complexity index is 1650. The lowest BCUT2D eigenvalue weighted by Gasteiger charge is -2.60. The van der Waals surface area contributed by atoms with Gasteiger partial charge in [-0.25, -0.2) is 14.5 Å². The van der Waals surface area contributed by atoms with Crippen molar-refractivity contribution < 1.29 is 23.1 Å². The first-order valence-electron chi connectivity index (χ1n) is 17.5. The molecule has 1 unspecified atom stereocenters. The molecule has 6 rings (SSSR count). The molecular formula is C36H52BrClN4O5Si.